The molecule has 2 amide bonds. The number of para-hydroxylation sites is 1. The van der Waals surface area contributed by atoms with Crippen LogP contribution in [0.3, 0.4) is 0 Å². The van der Waals surface area contributed by atoms with Gasteiger partial charge in [0, 0.05) is 32.6 Å². The zero-order valence-corrected chi connectivity index (χ0v) is 16.8. The Labute approximate surface area is 162 Å². The van der Waals surface area contributed by atoms with Gasteiger partial charge in [-0.25, -0.2) is 4.79 Å². The van der Waals surface area contributed by atoms with Gasteiger partial charge in [-0.05, 0) is 37.8 Å². The standard InChI is InChI=1S/C21H32N2O4/c1-4-5-15-27-21(25)23-13-11-22(12-14-23)19(24)10-7-16-26-20-17(2)8-6-9-18(20)3/h6,8-9H,4-5,7,10-16H2,1-3H3. The van der Waals surface area contributed by atoms with Crippen molar-refractivity contribution in [3.63, 3.8) is 0 Å². The van der Waals surface area contributed by atoms with Crippen LogP contribution in [-0.4, -0.2) is 61.2 Å². The van der Waals surface area contributed by atoms with E-state index in [1.54, 1.807) is 4.90 Å². The maximum Gasteiger partial charge on any atom is 0.409 e. The summed E-state index contributed by atoms with van der Waals surface area (Å²) in [5.74, 6) is 1.04. The van der Waals surface area contributed by atoms with Gasteiger partial charge in [0.1, 0.15) is 5.75 Å². The maximum absolute atomic E-state index is 12.4. The smallest absolute Gasteiger partial charge is 0.409 e. The zero-order valence-electron chi connectivity index (χ0n) is 16.8. The van der Waals surface area contributed by atoms with E-state index in [0.29, 0.717) is 52.2 Å². The summed E-state index contributed by atoms with van der Waals surface area (Å²) in [6, 6.07) is 6.07. The number of nitrogens with zero attached hydrogens (tertiary/aromatic N) is 2. The van der Waals surface area contributed by atoms with Gasteiger partial charge in [0.05, 0.1) is 13.2 Å². The van der Waals surface area contributed by atoms with Gasteiger partial charge >= 0.3 is 6.09 Å². The number of aryl methyl sites for hydroxylation is 2. The third kappa shape index (κ3) is 6.45. The molecule has 0 N–H and O–H groups in total. The molecule has 0 aromatic heterocycles. The molecule has 0 radical (unpaired) electrons. The molecule has 0 bridgehead atoms. The second kappa shape index (κ2) is 10.8. The van der Waals surface area contributed by atoms with E-state index in [0.717, 1.165) is 29.7 Å². The Morgan fingerprint density at radius 2 is 1.59 bits per heavy atom. The quantitative estimate of drug-likeness (QED) is 0.651. The molecule has 150 valence electrons. The van der Waals surface area contributed by atoms with E-state index in [4.69, 9.17) is 9.47 Å². The van der Waals surface area contributed by atoms with Crippen molar-refractivity contribution in [1.29, 1.82) is 0 Å². The summed E-state index contributed by atoms with van der Waals surface area (Å²) in [7, 11) is 0. The molecule has 6 heteroatoms. The fraction of sp³-hybridized carbons (Fsp3) is 0.619. The van der Waals surface area contributed by atoms with Crippen LogP contribution in [-0.2, 0) is 9.53 Å². The molecule has 1 heterocycles. The first-order valence-corrected chi connectivity index (χ1v) is 9.91. The van der Waals surface area contributed by atoms with Crippen LogP contribution < -0.4 is 4.74 Å². The normalized spacial score (nSPS) is 14.2. The molecule has 27 heavy (non-hydrogen) atoms. The molecule has 1 aliphatic heterocycles. The van der Waals surface area contributed by atoms with Crippen LogP contribution in [0.4, 0.5) is 4.79 Å². The van der Waals surface area contributed by atoms with Crippen LogP contribution in [0, 0.1) is 13.8 Å². The minimum atomic E-state index is -0.266. The number of benzene rings is 1. The van der Waals surface area contributed by atoms with E-state index in [-0.39, 0.29) is 12.0 Å². The predicted octanol–water partition coefficient (Wildman–Crippen LogP) is 3.54. The molecule has 6 nitrogen and oxygen atoms in total. The van der Waals surface area contributed by atoms with Gasteiger partial charge in [-0.1, -0.05) is 31.5 Å². The number of hydrogen-bond donors (Lipinski definition) is 0. The fourth-order valence-corrected chi connectivity index (χ4v) is 3.12. The van der Waals surface area contributed by atoms with Gasteiger partial charge in [-0.15, -0.1) is 0 Å². The Morgan fingerprint density at radius 1 is 0.963 bits per heavy atom. The molecule has 0 aliphatic carbocycles. The Kier molecular flexibility index (Phi) is 8.43. The predicted molar refractivity (Wildman–Crippen MR) is 105 cm³/mol. The monoisotopic (exact) mass is 376 g/mol. The number of rotatable bonds is 8. The molecule has 0 atom stereocenters. The van der Waals surface area contributed by atoms with Crippen molar-refractivity contribution in [1.82, 2.24) is 9.80 Å². The van der Waals surface area contributed by atoms with Gasteiger partial charge < -0.3 is 19.3 Å². The van der Waals surface area contributed by atoms with Crippen LogP contribution in [0.15, 0.2) is 18.2 Å². The molecule has 0 unspecified atom stereocenters. The Hall–Kier alpha value is -2.24. The van der Waals surface area contributed by atoms with Crippen molar-refractivity contribution >= 4 is 12.0 Å². The van der Waals surface area contributed by atoms with Crippen molar-refractivity contribution < 1.29 is 19.1 Å². The molecule has 0 spiro atoms. The molecule has 2 rings (SSSR count). The van der Waals surface area contributed by atoms with Gasteiger partial charge in [0.25, 0.3) is 0 Å². The van der Waals surface area contributed by atoms with Gasteiger partial charge in [0.2, 0.25) is 5.91 Å². The first-order chi connectivity index (χ1) is 13.0. The molecule has 1 aliphatic rings. The van der Waals surface area contributed by atoms with E-state index in [1.807, 2.05) is 36.9 Å². The summed E-state index contributed by atoms with van der Waals surface area (Å²) in [5.41, 5.74) is 2.23. The van der Waals surface area contributed by atoms with Gasteiger partial charge in [-0.3, -0.25) is 4.79 Å². The topological polar surface area (TPSA) is 59.1 Å². The number of piperazine rings is 1. The largest absolute Gasteiger partial charge is 0.493 e. The average Bonchev–Trinajstić information content (AvgIpc) is 2.67. The summed E-state index contributed by atoms with van der Waals surface area (Å²) < 4.78 is 11.1. The van der Waals surface area contributed by atoms with Crippen molar-refractivity contribution in [3.05, 3.63) is 29.3 Å². The number of unbranched alkanes of at least 4 members (excludes halogenated alkanes) is 1. The molecular weight excluding hydrogens is 344 g/mol. The minimum absolute atomic E-state index is 0.124. The SMILES string of the molecule is CCCCOC(=O)N1CCN(C(=O)CCCOc2c(C)cccc2C)CC1. The minimum Gasteiger partial charge on any atom is -0.493 e. The lowest BCUT2D eigenvalue weighted by Crippen LogP contribution is -2.50. The molecule has 1 saturated heterocycles. The summed E-state index contributed by atoms with van der Waals surface area (Å²) in [4.78, 5) is 27.8. The Bertz CT molecular complexity index is 604. The lowest BCUT2D eigenvalue weighted by atomic mass is 10.1. The number of carbonyl (C=O) groups is 2. The fourth-order valence-electron chi connectivity index (χ4n) is 3.12. The second-order valence-corrected chi connectivity index (χ2v) is 7.01. The van der Waals surface area contributed by atoms with Crippen molar-refractivity contribution in [2.75, 3.05) is 39.4 Å². The number of amides is 2. The molecule has 1 aromatic rings. The third-order valence-corrected chi connectivity index (χ3v) is 4.80. The van der Waals surface area contributed by atoms with E-state index in [2.05, 4.69) is 6.92 Å². The summed E-state index contributed by atoms with van der Waals surface area (Å²) >= 11 is 0. The highest BCUT2D eigenvalue weighted by molar-refractivity contribution is 5.76. The number of ether oxygens (including phenoxy) is 2. The highest BCUT2D eigenvalue weighted by Gasteiger charge is 2.24. The van der Waals surface area contributed by atoms with Crippen LogP contribution in [0.25, 0.3) is 0 Å². The second-order valence-electron chi connectivity index (χ2n) is 7.01. The van der Waals surface area contributed by atoms with E-state index >= 15 is 0 Å². The Balaban J connectivity index is 1.65. The van der Waals surface area contributed by atoms with Crippen LogP contribution >= 0.6 is 0 Å². The summed E-state index contributed by atoms with van der Waals surface area (Å²) in [6.07, 6.45) is 2.77. The molecular formula is C21H32N2O4. The number of carbonyl (C=O) groups excluding carboxylic acids is 2. The molecule has 1 fully saturated rings. The van der Waals surface area contributed by atoms with Crippen LogP contribution in [0.5, 0.6) is 5.75 Å². The molecule has 1 aromatic carbocycles. The average molecular weight is 376 g/mol. The third-order valence-electron chi connectivity index (χ3n) is 4.80. The lowest BCUT2D eigenvalue weighted by Gasteiger charge is -2.34. The maximum atomic E-state index is 12.4. The van der Waals surface area contributed by atoms with Crippen molar-refractivity contribution in [2.24, 2.45) is 0 Å². The Morgan fingerprint density at radius 3 is 2.22 bits per heavy atom. The summed E-state index contributed by atoms with van der Waals surface area (Å²) in [6.45, 7) is 9.33. The zero-order chi connectivity index (χ0) is 19.6. The van der Waals surface area contributed by atoms with E-state index in [9.17, 15) is 9.59 Å². The first kappa shape index (κ1) is 21.1. The van der Waals surface area contributed by atoms with Crippen LogP contribution in [0.2, 0.25) is 0 Å². The summed E-state index contributed by atoms with van der Waals surface area (Å²) in [5, 5.41) is 0. The lowest BCUT2D eigenvalue weighted by molar-refractivity contribution is -0.133. The van der Waals surface area contributed by atoms with Crippen molar-refractivity contribution in [3.8, 4) is 5.75 Å². The van der Waals surface area contributed by atoms with Gasteiger partial charge in [0.15, 0.2) is 0 Å². The highest BCUT2D eigenvalue weighted by Crippen LogP contribution is 2.22. The van der Waals surface area contributed by atoms with Crippen molar-refractivity contribution in [2.45, 2.75) is 46.5 Å². The van der Waals surface area contributed by atoms with E-state index in [1.165, 1.54) is 0 Å². The van der Waals surface area contributed by atoms with Gasteiger partial charge in [-0.2, -0.15) is 0 Å². The van der Waals surface area contributed by atoms with E-state index < -0.39 is 0 Å². The molecule has 0 saturated carbocycles. The number of hydrogen-bond acceptors (Lipinski definition) is 4. The van der Waals surface area contributed by atoms with Crippen LogP contribution in [0.1, 0.15) is 43.7 Å². The first-order valence-electron chi connectivity index (χ1n) is 9.91. The highest BCUT2D eigenvalue weighted by atomic mass is 16.6.